The molecule has 1 heterocycles. The average Bonchev–Trinajstić information content (AvgIpc) is 3.00. The number of halogens is 1. The molecule has 126 valence electrons. The second kappa shape index (κ2) is 7.96. The van der Waals surface area contributed by atoms with Gasteiger partial charge in [-0.2, -0.15) is 17.4 Å². The van der Waals surface area contributed by atoms with Crippen LogP contribution in [-0.2, 0) is 16.8 Å². The fraction of sp³-hybridized carbons (Fsp3) is 0.400. The summed E-state index contributed by atoms with van der Waals surface area (Å²) in [6.45, 7) is 2.58. The van der Waals surface area contributed by atoms with E-state index < -0.39 is 10.2 Å². The van der Waals surface area contributed by atoms with Crippen molar-refractivity contribution < 1.29 is 12.8 Å². The number of hydrogen-bond donors (Lipinski definition) is 1. The predicted octanol–water partition coefficient (Wildman–Crippen LogP) is 3.02. The van der Waals surface area contributed by atoms with Gasteiger partial charge in [0.25, 0.3) is 10.2 Å². The van der Waals surface area contributed by atoms with Crippen LogP contribution in [0.2, 0.25) is 0 Å². The molecule has 1 N–H and O–H groups in total. The predicted molar refractivity (Wildman–Crippen MR) is 90.8 cm³/mol. The van der Waals surface area contributed by atoms with Gasteiger partial charge < -0.3 is 0 Å². The smallest absolute Gasteiger partial charge is 0.240 e. The summed E-state index contributed by atoms with van der Waals surface area (Å²) < 4.78 is 41.7. The topological polar surface area (TPSA) is 62.3 Å². The highest BCUT2D eigenvalue weighted by molar-refractivity contribution is 7.87. The van der Waals surface area contributed by atoms with Gasteiger partial charge in [-0.15, -0.1) is 11.3 Å². The lowest BCUT2D eigenvalue weighted by Gasteiger charge is -2.16. The number of aromatic nitrogens is 1. The molecule has 2 aromatic rings. The second-order valence-electron chi connectivity index (χ2n) is 5.11. The molecule has 1 aromatic heterocycles. The number of thiazole rings is 1. The molecule has 0 aliphatic heterocycles. The molecule has 0 fully saturated rings. The molecule has 23 heavy (non-hydrogen) atoms. The number of rotatable bonds is 8. The van der Waals surface area contributed by atoms with E-state index in [0.29, 0.717) is 22.8 Å². The summed E-state index contributed by atoms with van der Waals surface area (Å²) in [6.07, 6.45) is 1.74. The normalized spacial score (nSPS) is 12.0. The fourth-order valence-corrected chi connectivity index (χ4v) is 3.68. The molecule has 0 unspecified atom stereocenters. The molecular weight excluding hydrogens is 337 g/mol. The van der Waals surface area contributed by atoms with Crippen LogP contribution in [0, 0.1) is 5.82 Å². The second-order valence-corrected chi connectivity index (χ2v) is 7.91. The van der Waals surface area contributed by atoms with E-state index in [4.69, 9.17) is 0 Å². The van der Waals surface area contributed by atoms with Gasteiger partial charge >= 0.3 is 0 Å². The first kappa shape index (κ1) is 18.0. The minimum Gasteiger partial charge on any atom is -0.240 e. The van der Waals surface area contributed by atoms with Gasteiger partial charge in [0.05, 0.1) is 12.2 Å². The van der Waals surface area contributed by atoms with Crippen LogP contribution >= 0.6 is 11.3 Å². The van der Waals surface area contributed by atoms with Gasteiger partial charge in [0.2, 0.25) is 0 Å². The Morgan fingerprint density at radius 2 is 2.09 bits per heavy atom. The van der Waals surface area contributed by atoms with Crippen LogP contribution < -0.4 is 4.72 Å². The maximum absolute atomic E-state index is 13.7. The summed E-state index contributed by atoms with van der Waals surface area (Å²) >= 11 is 1.30. The zero-order valence-electron chi connectivity index (χ0n) is 13.1. The van der Waals surface area contributed by atoms with E-state index in [1.165, 1.54) is 21.7 Å². The van der Waals surface area contributed by atoms with Crippen molar-refractivity contribution in [3.05, 3.63) is 40.5 Å². The minimum absolute atomic E-state index is 0.0952. The monoisotopic (exact) mass is 357 g/mol. The van der Waals surface area contributed by atoms with Gasteiger partial charge in [-0.3, -0.25) is 0 Å². The lowest BCUT2D eigenvalue weighted by molar-refractivity contribution is 0.448. The first-order valence-corrected chi connectivity index (χ1v) is 9.66. The highest BCUT2D eigenvalue weighted by Gasteiger charge is 2.17. The maximum atomic E-state index is 13.7. The molecule has 0 aliphatic carbocycles. The van der Waals surface area contributed by atoms with Crippen molar-refractivity contribution in [2.75, 3.05) is 13.6 Å². The Labute approximate surface area is 140 Å². The molecule has 0 spiro atoms. The Kier molecular flexibility index (Phi) is 6.23. The summed E-state index contributed by atoms with van der Waals surface area (Å²) in [5.74, 6) is -0.343. The third kappa shape index (κ3) is 4.81. The van der Waals surface area contributed by atoms with E-state index in [1.807, 2.05) is 6.92 Å². The molecule has 0 amide bonds. The van der Waals surface area contributed by atoms with Crippen LogP contribution in [0.5, 0.6) is 0 Å². The Morgan fingerprint density at radius 3 is 2.78 bits per heavy atom. The average molecular weight is 357 g/mol. The molecule has 0 atom stereocenters. The van der Waals surface area contributed by atoms with Crippen LogP contribution in [0.25, 0.3) is 11.3 Å². The van der Waals surface area contributed by atoms with Gasteiger partial charge in [-0.25, -0.2) is 9.37 Å². The molecule has 2 rings (SSSR count). The highest BCUT2D eigenvalue weighted by Crippen LogP contribution is 2.24. The standard InChI is InChI=1S/C15H20FN3O2S2/c1-3-4-9-19(2)23(20,21)17-10-15-18-14(11-22-15)12-7-5-6-8-13(12)16/h5-8,11,17H,3-4,9-10H2,1-2H3. The molecule has 1 aromatic carbocycles. The zero-order chi connectivity index (χ0) is 16.9. The number of nitrogens with one attached hydrogen (secondary N) is 1. The van der Waals surface area contributed by atoms with Crippen molar-refractivity contribution >= 4 is 21.5 Å². The van der Waals surface area contributed by atoms with Gasteiger partial charge in [-0.05, 0) is 18.6 Å². The van der Waals surface area contributed by atoms with Gasteiger partial charge in [0.1, 0.15) is 10.8 Å². The van der Waals surface area contributed by atoms with Crippen molar-refractivity contribution in [3.8, 4) is 11.3 Å². The summed E-state index contributed by atoms with van der Waals surface area (Å²) in [5.41, 5.74) is 0.930. The van der Waals surface area contributed by atoms with E-state index in [0.717, 1.165) is 12.8 Å². The SMILES string of the molecule is CCCCN(C)S(=O)(=O)NCc1nc(-c2ccccc2F)cs1. The van der Waals surface area contributed by atoms with Crippen LogP contribution in [-0.4, -0.2) is 31.3 Å². The molecular formula is C15H20FN3O2S2. The van der Waals surface area contributed by atoms with E-state index in [-0.39, 0.29) is 12.4 Å². The van der Waals surface area contributed by atoms with Crippen molar-refractivity contribution in [1.82, 2.24) is 14.0 Å². The minimum atomic E-state index is -3.52. The first-order valence-electron chi connectivity index (χ1n) is 7.34. The largest absolute Gasteiger partial charge is 0.279 e. The fourth-order valence-electron chi connectivity index (χ4n) is 1.95. The van der Waals surface area contributed by atoms with Gasteiger partial charge in [-0.1, -0.05) is 25.5 Å². The van der Waals surface area contributed by atoms with Gasteiger partial charge in [0, 0.05) is 24.5 Å². The molecule has 0 bridgehead atoms. The number of nitrogens with zero attached hydrogens (tertiary/aromatic N) is 2. The van der Waals surface area contributed by atoms with E-state index in [1.54, 1.807) is 30.6 Å². The Morgan fingerprint density at radius 1 is 1.35 bits per heavy atom. The number of hydrogen-bond acceptors (Lipinski definition) is 4. The number of unbranched alkanes of at least 4 members (excludes halogenated alkanes) is 1. The summed E-state index contributed by atoms with van der Waals surface area (Å²) in [5, 5.41) is 2.32. The third-order valence-corrected chi connectivity index (χ3v) is 5.71. The molecule has 8 heteroatoms. The van der Waals surface area contributed by atoms with E-state index in [9.17, 15) is 12.8 Å². The zero-order valence-corrected chi connectivity index (χ0v) is 14.8. The summed E-state index contributed by atoms with van der Waals surface area (Å²) in [4.78, 5) is 4.30. The molecule has 0 saturated heterocycles. The Balaban J connectivity index is 2.01. The maximum Gasteiger partial charge on any atom is 0.279 e. The van der Waals surface area contributed by atoms with E-state index >= 15 is 0 Å². The summed E-state index contributed by atoms with van der Waals surface area (Å²) in [7, 11) is -1.97. The van der Waals surface area contributed by atoms with Crippen LogP contribution in [0.4, 0.5) is 4.39 Å². The lowest BCUT2D eigenvalue weighted by Crippen LogP contribution is -2.38. The quantitative estimate of drug-likeness (QED) is 0.790. The molecule has 5 nitrogen and oxygen atoms in total. The Hall–Kier alpha value is -1.35. The van der Waals surface area contributed by atoms with Gasteiger partial charge in [0.15, 0.2) is 0 Å². The van der Waals surface area contributed by atoms with Crippen LogP contribution in [0.3, 0.4) is 0 Å². The lowest BCUT2D eigenvalue weighted by atomic mass is 10.2. The molecule has 0 saturated carbocycles. The Bertz CT molecular complexity index is 747. The van der Waals surface area contributed by atoms with Crippen LogP contribution in [0.1, 0.15) is 24.8 Å². The van der Waals surface area contributed by atoms with E-state index in [2.05, 4.69) is 9.71 Å². The van der Waals surface area contributed by atoms with Crippen molar-refractivity contribution in [1.29, 1.82) is 0 Å². The molecule has 0 radical (unpaired) electrons. The first-order chi connectivity index (χ1) is 10.9. The summed E-state index contributed by atoms with van der Waals surface area (Å²) in [6, 6.07) is 6.38. The third-order valence-electron chi connectivity index (χ3n) is 3.34. The van der Waals surface area contributed by atoms with Crippen molar-refractivity contribution in [2.24, 2.45) is 0 Å². The van der Waals surface area contributed by atoms with Crippen LogP contribution in [0.15, 0.2) is 29.6 Å². The number of benzene rings is 1. The van der Waals surface area contributed by atoms with Crippen molar-refractivity contribution in [3.63, 3.8) is 0 Å². The highest BCUT2D eigenvalue weighted by atomic mass is 32.2. The molecule has 0 aliphatic rings. The van der Waals surface area contributed by atoms with Crippen molar-refractivity contribution in [2.45, 2.75) is 26.3 Å².